The maximum atomic E-state index is 4.28. The van der Waals surface area contributed by atoms with Crippen molar-refractivity contribution >= 4 is 5.82 Å². The predicted molar refractivity (Wildman–Crippen MR) is 57.3 cm³/mol. The first kappa shape index (κ1) is 9.52. The van der Waals surface area contributed by atoms with E-state index in [9.17, 15) is 0 Å². The van der Waals surface area contributed by atoms with Crippen molar-refractivity contribution in [1.29, 1.82) is 0 Å². The van der Waals surface area contributed by atoms with Gasteiger partial charge in [0.25, 0.3) is 0 Å². The molecule has 14 heavy (non-hydrogen) atoms. The normalized spacial score (nSPS) is 26.7. The number of hydrogen-bond donors (Lipinski definition) is 2. The van der Waals surface area contributed by atoms with Gasteiger partial charge in [0.05, 0.1) is 0 Å². The van der Waals surface area contributed by atoms with Crippen LogP contribution in [0.3, 0.4) is 0 Å². The van der Waals surface area contributed by atoms with Crippen LogP contribution in [0.2, 0.25) is 0 Å². The smallest absolute Gasteiger partial charge is 0.147 e. The molecule has 1 aliphatic heterocycles. The van der Waals surface area contributed by atoms with Crippen molar-refractivity contribution in [3.63, 3.8) is 0 Å². The molecule has 0 spiro atoms. The van der Waals surface area contributed by atoms with Crippen molar-refractivity contribution in [1.82, 2.24) is 15.1 Å². The molecule has 4 nitrogen and oxygen atoms in total. The van der Waals surface area contributed by atoms with E-state index in [0.717, 1.165) is 24.8 Å². The molecule has 2 unspecified atom stereocenters. The van der Waals surface area contributed by atoms with Gasteiger partial charge in [0.2, 0.25) is 0 Å². The Morgan fingerprint density at radius 3 is 3.14 bits per heavy atom. The van der Waals surface area contributed by atoms with Gasteiger partial charge >= 0.3 is 0 Å². The van der Waals surface area contributed by atoms with Crippen molar-refractivity contribution in [3.05, 3.63) is 12.3 Å². The number of aromatic nitrogens is 2. The first-order chi connectivity index (χ1) is 6.75. The first-order valence-electron chi connectivity index (χ1n) is 5.22. The molecule has 0 bridgehead atoms. The zero-order valence-electron chi connectivity index (χ0n) is 8.83. The SMILES string of the molecule is CC1NCCC1CNc1ccn(C)n1. The zero-order chi connectivity index (χ0) is 9.97. The average molecular weight is 194 g/mol. The van der Waals surface area contributed by atoms with E-state index in [-0.39, 0.29) is 0 Å². The van der Waals surface area contributed by atoms with Crippen LogP contribution >= 0.6 is 0 Å². The number of nitrogens with one attached hydrogen (secondary N) is 2. The largest absolute Gasteiger partial charge is 0.368 e. The lowest BCUT2D eigenvalue weighted by Gasteiger charge is -2.14. The second-order valence-corrected chi connectivity index (χ2v) is 4.05. The molecule has 0 amide bonds. The minimum absolute atomic E-state index is 0.631. The van der Waals surface area contributed by atoms with E-state index in [1.54, 1.807) is 0 Å². The van der Waals surface area contributed by atoms with Crippen LogP contribution in [0.15, 0.2) is 12.3 Å². The van der Waals surface area contributed by atoms with Gasteiger partial charge < -0.3 is 10.6 Å². The number of rotatable bonds is 3. The Kier molecular flexibility index (Phi) is 2.72. The Hall–Kier alpha value is -1.03. The van der Waals surface area contributed by atoms with Gasteiger partial charge in [-0.3, -0.25) is 4.68 Å². The Labute approximate surface area is 84.7 Å². The fourth-order valence-electron chi connectivity index (χ4n) is 1.94. The van der Waals surface area contributed by atoms with Crippen LogP contribution in [0.25, 0.3) is 0 Å². The summed E-state index contributed by atoms with van der Waals surface area (Å²) in [4.78, 5) is 0. The number of aryl methyl sites for hydroxylation is 1. The summed E-state index contributed by atoms with van der Waals surface area (Å²) in [5.41, 5.74) is 0. The van der Waals surface area contributed by atoms with Gasteiger partial charge in [0.15, 0.2) is 0 Å². The lowest BCUT2D eigenvalue weighted by atomic mass is 10.0. The molecule has 2 atom stereocenters. The molecule has 1 saturated heterocycles. The first-order valence-corrected chi connectivity index (χ1v) is 5.22. The molecule has 1 fully saturated rings. The van der Waals surface area contributed by atoms with E-state index in [0.29, 0.717) is 6.04 Å². The van der Waals surface area contributed by atoms with Crippen LogP contribution in [0.5, 0.6) is 0 Å². The van der Waals surface area contributed by atoms with Crippen molar-refractivity contribution in [3.8, 4) is 0 Å². The van der Waals surface area contributed by atoms with Crippen LogP contribution in [-0.2, 0) is 7.05 Å². The fourth-order valence-corrected chi connectivity index (χ4v) is 1.94. The summed E-state index contributed by atoms with van der Waals surface area (Å²) in [6, 6.07) is 2.64. The summed E-state index contributed by atoms with van der Waals surface area (Å²) in [7, 11) is 1.94. The van der Waals surface area contributed by atoms with Crippen molar-refractivity contribution in [2.75, 3.05) is 18.4 Å². The second kappa shape index (κ2) is 4.00. The minimum atomic E-state index is 0.631. The molecule has 1 aromatic rings. The van der Waals surface area contributed by atoms with Crippen molar-refractivity contribution < 1.29 is 0 Å². The topological polar surface area (TPSA) is 41.9 Å². The summed E-state index contributed by atoms with van der Waals surface area (Å²) in [5.74, 6) is 1.71. The summed E-state index contributed by atoms with van der Waals surface area (Å²) < 4.78 is 1.82. The molecule has 78 valence electrons. The molecule has 0 saturated carbocycles. The molecule has 1 aliphatic rings. The number of anilines is 1. The standard InChI is InChI=1S/C10H18N4/c1-8-9(3-5-11-8)7-12-10-4-6-14(2)13-10/h4,6,8-9,11H,3,5,7H2,1-2H3,(H,12,13). The van der Waals surface area contributed by atoms with Crippen LogP contribution < -0.4 is 10.6 Å². The fraction of sp³-hybridized carbons (Fsp3) is 0.700. The van der Waals surface area contributed by atoms with Gasteiger partial charge in [0, 0.05) is 31.9 Å². The number of hydrogen-bond acceptors (Lipinski definition) is 3. The molecule has 2 rings (SSSR count). The zero-order valence-corrected chi connectivity index (χ0v) is 8.83. The van der Waals surface area contributed by atoms with E-state index in [1.165, 1.54) is 6.42 Å². The monoisotopic (exact) mass is 194 g/mol. The summed E-state index contributed by atoms with van der Waals surface area (Å²) in [5, 5.41) is 11.1. The quantitative estimate of drug-likeness (QED) is 0.749. The van der Waals surface area contributed by atoms with Gasteiger partial charge in [-0.25, -0.2) is 0 Å². The second-order valence-electron chi connectivity index (χ2n) is 4.05. The third-order valence-corrected chi connectivity index (χ3v) is 2.95. The Bertz CT molecular complexity index is 294. The Morgan fingerprint density at radius 2 is 2.57 bits per heavy atom. The van der Waals surface area contributed by atoms with E-state index in [4.69, 9.17) is 0 Å². The van der Waals surface area contributed by atoms with Gasteiger partial charge in [-0.2, -0.15) is 5.10 Å². The predicted octanol–water partition coefficient (Wildman–Crippen LogP) is 0.830. The highest BCUT2D eigenvalue weighted by Crippen LogP contribution is 2.15. The van der Waals surface area contributed by atoms with Crippen LogP contribution in [-0.4, -0.2) is 28.9 Å². The summed E-state index contributed by atoms with van der Waals surface area (Å²) in [6.07, 6.45) is 3.22. The number of nitrogens with zero attached hydrogens (tertiary/aromatic N) is 2. The van der Waals surface area contributed by atoms with Crippen LogP contribution in [0.1, 0.15) is 13.3 Å². The highest BCUT2D eigenvalue weighted by Gasteiger charge is 2.22. The maximum Gasteiger partial charge on any atom is 0.147 e. The molecule has 2 heterocycles. The molecule has 0 aliphatic carbocycles. The third-order valence-electron chi connectivity index (χ3n) is 2.95. The Balaban J connectivity index is 1.82. The van der Waals surface area contributed by atoms with Crippen LogP contribution in [0, 0.1) is 5.92 Å². The lowest BCUT2D eigenvalue weighted by molar-refractivity contribution is 0.498. The van der Waals surface area contributed by atoms with Gasteiger partial charge in [-0.1, -0.05) is 0 Å². The minimum Gasteiger partial charge on any atom is -0.368 e. The Morgan fingerprint density at radius 1 is 1.71 bits per heavy atom. The molecule has 0 aromatic carbocycles. The highest BCUT2D eigenvalue weighted by molar-refractivity contribution is 5.32. The maximum absolute atomic E-state index is 4.28. The average Bonchev–Trinajstić information content (AvgIpc) is 2.72. The molecule has 0 radical (unpaired) electrons. The van der Waals surface area contributed by atoms with E-state index >= 15 is 0 Å². The third kappa shape index (κ3) is 2.07. The van der Waals surface area contributed by atoms with E-state index < -0.39 is 0 Å². The van der Waals surface area contributed by atoms with E-state index in [2.05, 4.69) is 22.7 Å². The highest BCUT2D eigenvalue weighted by atomic mass is 15.3. The van der Waals surface area contributed by atoms with Gasteiger partial charge in [-0.15, -0.1) is 0 Å². The molecule has 2 N–H and O–H groups in total. The van der Waals surface area contributed by atoms with Crippen LogP contribution in [0.4, 0.5) is 5.82 Å². The molecular formula is C10H18N4. The molecule has 4 heteroatoms. The van der Waals surface area contributed by atoms with E-state index in [1.807, 2.05) is 24.0 Å². The van der Waals surface area contributed by atoms with Crippen molar-refractivity contribution in [2.24, 2.45) is 13.0 Å². The van der Waals surface area contributed by atoms with Gasteiger partial charge in [0.1, 0.15) is 5.82 Å². The molecule has 1 aromatic heterocycles. The summed E-state index contributed by atoms with van der Waals surface area (Å²) >= 11 is 0. The van der Waals surface area contributed by atoms with Gasteiger partial charge in [-0.05, 0) is 25.8 Å². The summed E-state index contributed by atoms with van der Waals surface area (Å²) in [6.45, 7) is 4.42. The molecular weight excluding hydrogens is 176 g/mol. The van der Waals surface area contributed by atoms with Crippen molar-refractivity contribution in [2.45, 2.75) is 19.4 Å². The lowest BCUT2D eigenvalue weighted by Crippen LogP contribution is -2.27.